The van der Waals surface area contributed by atoms with Gasteiger partial charge in [-0.3, -0.25) is 9.59 Å². The number of carbonyl (C=O) groups is 2. The summed E-state index contributed by atoms with van der Waals surface area (Å²) in [4.78, 5) is 27.7. The molecule has 0 saturated heterocycles. The number of nitrogens with one attached hydrogen (secondary N) is 2. The molecule has 2 heterocycles. The zero-order valence-corrected chi connectivity index (χ0v) is 16.8. The van der Waals surface area contributed by atoms with Crippen molar-refractivity contribution in [1.29, 1.82) is 0 Å². The van der Waals surface area contributed by atoms with Crippen LogP contribution in [0.15, 0.2) is 48.7 Å². The number of anilines is 1. The Morgan fingerprint density at radius 1 is 1.13 bits per heavy atom. The van der Waals surface area contributed by atoms with Crippen LogP contribution in [0.25, 0.3) is 10.9 Å². The Kier molecular flexibility index (Phi) is 5.88. The Hall–Kier alpha value is -3.48. The Morgan fingerprint density at radius 3 is 2.80 bits per heavy atom. The van der Waals surface area contributed by atoms with Crippen LogP contribution in [0.1, 0.15) is 25.3 Å². The van der Waals surface area contributed by atoms with Gasteiger partial charge in [-0.25, -0.2) is 0 Å². The smallest absolute Gasteiger partial charge is 0.306 e. The minimum atomic E-state index is -0.890. The average molecular weight is 408 g/mol. The van der Waals surface area contributed by atoms with Crippen molar-refractivity contribution in [3.63, 3.8) is 0 Å². The van der Waals surface area contributed by atoms with Crippen LogP contribution in [0.3, 0.4) is 0 Å². The highest BCUT2D eigenvalue weighted by Gasteiger charge is 2.19. The number of para-hydroxylation sites is 1. The van der Waals surface area contributed by atoms with Crippen molar-refractivity contribution in [3.8, 4) is 11.5 Å². The molecule has 1 amide bonds. The molecule has 4 rings (SSSR count). The molecule has 0 saturated carbocycles. The first-order valence-corrected chi connectivity index (χ1v) is 10.0. The summed E-state index contributed by atoms with van der Waals surface area (Å²) in [5, 5.41) is 3.90. The SMILES string of the molecule is C[C@H](OC(=O)CCCc1c[nH]c2ccccc12)C(=O)Nc1ccc2c(c1)OCCO2. The summed E-state index contributed by atoms with van der Waals surface area (Å²) in [6.45, 7) is 2.54. The molecular formula is C23H24N2O5. The van der Waals surface area contributed by atoms with E-state index in [-0.39, 0.29) is 12.4 Å². The zero-order valence-electron chi connectivity index (χ0n) is 16.8. The van der Waals surface area contributed by atoms with E-state index in [1.807, 2.05) is 24.4 Å². The summed E-state index contributed by atoms with van der Waals surface area (Å²) in [5.41, 5.74) is 2.81. The van der Waals surface area contributed by atoms with Gasteiger partial charge < -0.3 is 24.5 Å². The third kappa shape index (κ3) is 4.56. The normalized spacial score (nSPS) is 13.6. The molecule has 1 aromatic heterocycles. The van der Waals surface area contributed by atoms with Crippen LogP contribution in [0.2, 0.25) is 0 Å². The number of amides is 1. The van der Waals surface area contributed by atoms with Crippen molar-refractivity contribution in [3.05, 3.63) is 54.2 Å². The molecule has 156 valence electrons. The maximum absolute atomic E-state index is 12.4. The van der Waals surface area contributed by atoms with E-state index in [2.05, 4.69) is 16.4 Å². The van der Waals surface area contributed by atoms with Crippen molar-refractivity contribution in [2.24, 2.45) is 0 Å². The van der Waals surface area contributed by atoms with Gasteiger partial charge in [-0.2, -0.15) is 0 Å². The molecule has 1 atom stereocenters. The lowest BCUT2D eigenvalue weighted by atomic mass is 10.1. The Labute approximate surface area is 174 Å². The van der Waals surface area contributed by atoms with Crippen LogP contribution in [-0.4, -0.2) is 36.2 Å². The monoisotopic (exact) mass is 408 g/mol. The number of fused-ring (bicyclic) bond motifs is 2. The van der Waals surface area contributed by atoms with E-state index in [9.17, 15) is 9.59 Å². The molecule has 1 aliphatic heterocycles. The lowest BCUT2D eigenvalue weighted by Crippen LogP contribution is -2.30. The fraction of sp³-hybridized carbons (Fsp3) is 0.304. The van der Waals surface area contributed by atoms with Gasteiger partial charge in [0, 0.05) is 35.3 Å². The van der Waals surface area contributed by atoms with Gasteiger partial charge in [0.05, 0.1) is 0 Å². The minimum absolute atomic E-state index is 0.251. The number of H-pyrrole nitrogens is 1. The fourth-order valence-electron chi connectivity index (χ4n) is 3.44. The summed E-state index contributed by atoms with van der Waals surface area (Å²) in [5.74, 6) is 0.450. The van der Waals surface area contributed by atoms with E-state index in [4.69, 9.17) is 14.2 Å². The van der Waals surface area contributed by atoms with E-state index in [0.29, 0.717) is 36.8 Å². The molecule has 30 heavy (non-hydrogen) atoms. The largest absolute Gasteiger partial charge is 0.486 e. The van der Waals surface area contributed by atoms with E-state index < -0.39 is 12.0 Å². The second-order valence-corrected chi connectivity index (χ2v) is 7.19. The molecule has 0 aliphatic carbocycles. The van der Waals surface area contributed by atoms with E-state index >= 15 is 0 Å². The van der Waals surface area contributed by atoms with Crippen molar-refractivity contribution in [2.75, 3.05) is 18.5 Å². The van der Waals surface area contributed by atoms with E-state index in [1.54, 1.807) is 25.1 Å². The van der Waals surface area contributed by atoms with Gasteiger partial charge in [0.25, 0.3) is 5.91 Å². The van der Waals surface area contributed by atoms with Gasteiger partial charge in [0.15, 0.2) is 17.6 Å². The molecule has 3 aromatic rings. The van der Waals surface area contributed by atoms with Crippen molar-refractivity contribution >= 4 is 28.5 Å². The third-order valence-electron chi connectivity index (χ3n) is 4.99. The lowest BCUT2D eigenvalue weighted by molar-refractivity contribution is -0.153. The number of aromatic amines is 1. The van der Waals surface area contributed by atoms with Crippen molar-refractivity contribution in [1.82, 2.24) is 4.98 Å². The standard InChI is InChI=1S/C23H24N2O5/c1-15(23(27)25-17-9-10-20-21(13-17)29-12-11-28-20)30-22(26)8-4-5-16-14-24-19-7-3-2-6-18(16)19/h2-3,6-7,9-10,13-15,24H,4-5,8,11-12H2,1H3,(H,25,27)/t15-/m0/s1. The number of aromatic nitrogens is 1. The Morgan fingerprint density at radius 2 is 1.93 bits per heavy atom. The van der Waals surface area contributed by atoms with Crippen LogP contribution in [-0.2, 0) is 20.7 Å². The number of ether oxygens (including phenoxy) is 3. The second kappa shape index (κ2) is 8.90. The van der Waals surface area contributed by atoms with Gasteiger partial charge >= 0.3 is 5.97 Å². The first-order valence-electron chi connectivity index (χ1n) is 10.0. The Balaban J connectivity index is 1.24. The second-order valence-electron chi connectivity index (χ2n) is 7.19. The van der Waals surface area contributed by atoms with Crippen LogP contribution >= 0.6 is 0 Å². The van der Waals surface area contributed by atoms with Crippen molar-refractivity contribution < 1.29 is 23.8 Å². The molecule has 7 heteroatoms. The Bertz CT molecular complexity index is 1060. The van der Waals surface area contributed by atoms with Crippen molar-refractivity contribution in [2.45, 2.75) is 32.3 Å². The molecule has 0 fully saturated rings. The lowest BCUT2D eigenvalue weighted by Gasteiger charge is -2.19. The molecule has 2 aromatic carbocycles. The van der Waals surface area contributed by atoms with E-state index in [0.717, 1.165) is 17.3 Å². The van der Waals surface area contributed by atoms with Gasteiger partial charge in [-0.15, -0.1) is 0 Å². The van der Waals surface area contributed by atoms with Crippen LogP contribution < -0.4 is 14.8 Å². The number of hydrogen-bond acceptors (Lipinski definition) is 5. The first kappa shape index (κ1) is 19.8. The van der Waals surface area contributed by atoms with Gasteiger partial charge in [0.2, 0.25) is 0 Å². The summed E-state index contributed by atoms with van der Waals surface area (Å²) in [6, 6.07) is 13.2. The molecule has 0 bridgehead atoms. The number of carbonyl (C=O) groups excluding carboxylic acids is 2. The highest BCUT2D eigenvalue weighted by molar-refractivity contribution is 5.95. The highest BCUT2D eigenvalue weighted by atomic mass is 16.6. The highest BCUT2D eigenvalue weighted by Crippen LogP contribution is 2.32. The number of aryl methyl sites for hydroxylation is 1. The maximum Gasteiger partial charge on any atom is 0.306 e. The maximum atomic E-state index is 12.4. The third-order valence-corrected chi connectivity index (χ3v) is 4.99. The van der Waals surface area contributed by atoms with Crippen LogP contribution in [0.5, 0.6) is 11.5 Å². The molecule has 0 spiro atoms. The predicted octanol–water partition coefficient (Wildman–Crippen LogP) is 3.83. The molecule has 1 aliphatic rings. The molecule has 0 unspecified atom stereocenters. The number of hydrogen-bond donors (Lipinski definition) is 2. The van der Waals surface area contributed by atoms with Gasteiger partial charge in [-0.1, -0.05) is 18.2 Å². The topological polar surface area (TPSA) is 89.7 Å². The fourth-order valence-corrected chi connectivity index (χ4v) is 3.44. The molecule has 0 radical (unpaired) electrons. The summed E-state index contributed by atoms with van der Waals surface area (Å²) >= 11 is 0. The summed E-state index contributed by atoms with van der Waals surface area (Å²) in [7, 11) is 0. The van der Waals surface area contributed by atoms with Crippen LogP contribution in [0.4, 0.5) is 5.69 Å². The minimum Gasteiger partial charge on any atom is -0.486 e. The molecule has 2 N–H and O–H groups in total. The average Bonchev–Trinajstić information content (AvgIpc) is 3.17. The molecular weight excluding hydrogens is 384 g/mol. The summed E-state index contributed by atoms with van der Waals surface area (Å²) in [6.07, 6.45) is 2.74. The zero-order chi connectivity index (χ0) is 20.9. The van der Waals surface area contributed by atoms with Gasteiger partial charge in [-0.05, 0) is 43.5 Å². The number of esters is 1. The predicted molar refractivity (Wildman–Crippen MR) is 113 cm³/mol. The first-order chi connectivity index (χ1) is 14.6. The summed E-state index contributed by atoms with van der Waals surface area (Å²) < 4.78 is 16.3. The van der Waals surface area contributed by atoms with Crippen LogP contribution in [0, 0.1) is 0 Å². The van der Waals surface area contributed by atoms with E-state index in [1.165, 1.54) is 5.56 Å². The quantitative estimate of drug-likeness (QED) is 0.580. The molecule has 7 nitrogen and oxygen atoms in total. The number of benzene rings is 2. The van der Waals surface area contributed by atoms with Gasteiger partial charge in [0.1, 0.15) is 13.2 Å². The number of rotatable bonds is 7.